The van der Waals surface area contributed by atoms with Crippen LogP contribution in [-0.2, 0) is 22.7 Å². The third-order valence-electron chi connectivity index (χ3n) is 7.50. The maximum Gasteiger partial charge on any atom is 0.273 e. The maximum absolute atomic E-state index is 14.7. The Hall–Kier alpha value is -3.68. The van der Waals surface area contributed by atoms with Crippen molar-refractivity contribution in [3.63, 3.8) is 0 Å². The number of hydrogen-bond donors (Lipinski definition) is 2. The second-order valence-corrected chi connectivity index (χ2v) is 10.1. The van der Waals surface area contributed by atoms with Gasteiger partial charge < -0.3 is 20.1 Å². The van der Waals surface area contributed by atoms with E-state index in [1.807, 2.05) is 28.8 Å². The molecule has 0 unspecified atom stereocenters. The molecule has 3 amide bonds. The normalized spacial score (nSPS) is 20.3. The van der Waals surface area contributed by atoms with Crippen molar-refractivity contribution in [2.45, 2.75) is 70.6 Å². The van der Waals surface area contributed by atoms with Gasteiger partial charge in [0.05, 0.1) is 24.3 Å². The summed E-state index contributed by atoms with van der Waals surface area (Å²) in [4.78, 5) is 41.6. The Labute approximate surface area is 209 Å². The molecule has 7 nitrogen and oxygen atoms in total. The first-order valence-electron chi connectivity index (χ1n) is 12.5. The molecule has 0 saturated heterocycles. The lowest BCUT2D eigenvalue weighted by Crippen LogP contribution is -2.64. The molecule has 0 spiro atoms. The van der Waals surface area contributed by atoms with Gasteiger partial charge in [-0.25, -0.2) is 4.39 Å². The van der Waals surface area contributed by atoms with Crippen LogP contribution in [0.4, 0.5) is 10.1 Å². The van der Waals surface area contributed by atoms with Crippen LogP contribution in [0.2, 0.25) is 0 Å². The van der Waals surface area contributed by atoms with Gasteiger partial charge in [0, 0.05) is 23.9 Å². The molecular formula is C28H31FN4O3. The molecule has 2 aromatic carbocycles. The van der Waals surface area contributed by atoms with E-state index in [9.17, 15) is 18.8 Å². The zero-order chi connectivity index (χ0) is 25.4. The van der Waals surface area contributed by atoms with E-state index in [0.717, 1.165) is 43.0 Å². The average Bonchev–Trinajstić information content (AvgIpc) is 3.16. The summed E-state index contributed by atoms with van der Waals surface area (Å²) in [6, 6.07) is 13.8. The molecule has 3 aromatic rings. The molecule has 1 aliphatic heterocycles. The first-order chi connectivity index (χ1) is 17.3. The summed E-state index contributed by atoms with van der Waals surface area (Å²) in [5, 5.41) is 6.73. The molecule has 2 aliphatic rings. The molecule has 1 aliphatic carbocycles. The second-order valence-electron chi connectivity index (χ2n) is 10.1. The lowest BCUT2D eigenvalue weighted by atomic mass is 9.91. The Morgan fingerprint density at radius 3 is 2.47 bits per heavy atom. The van der Waals surface area contributed by atoms with Crippen LogP contribution in [0.5, 0.6) is 0 Å². The Morgan fingerprint density at radius 2 is 1.75 bits per heavy atom. The number of benzene rings is 2. The number of rotatable bonds is 5. The molecule has 36 heavy (non-hydrogen) atoms. The lowest BCUT2D eigenvalue weighted by molar-refractivity contribution is -0.134. The molecule has 188 valence electrons. The molecule has 8 heteroatoms. The van der Waals surface area contributed by atoms with Crippen LogP contribution in [0.3, 0.4) is 0 Å². The summed E-state index contributed by atoms with van der Waals surface area (Å²) in [6.07, 6.45) is 5.10. The quantitative estimate of drug-likeness (QED) is 0.548. The van der Waals surface area contributed by atoms with E-state index in [-0.39, 0.29) is 30.9 Å². The highest BCUT2D eigenvalue weighted by Gasteiger charge is 2.49. The molecular weight excluding hydrogens is 459 g/mol. The van der Waals surface area contributed by atoms with Crippen molar-refractivity contribution in [1.29, 1.82) is 0 Å². The minimum Gasteiger partial charge on any atom is -0.351 e. The fourth-order valence-corrected chi connectivity index (χ4v) is 5.56. The molecule has 1 saturated carbocycles. The highest BCUT2D eigenvalue weighted by atomic mass is 19.1. The first kappa shape index (κ1) is 24.0. The van der Waals surface area contributed by atoms with E-state index in [1.54, 1.807) is 25.1 Å². The molecule has 2 heterocycles. The number of nitrogens with one attached hydrogen (secondary N) is 2. The number of para-hydroxylation sites is 1. The van der Waals surface area contributed by atoms with Gasteiger partial charge in [0.1, 0.15) is 17.1 Å². The van der Waals surface area contributed by atoms with Gasteiger partial charge in [-0.2, -0.15) is 0 Å². The van der Waals surface area contributed by atoms with Crippen LogP contribution in [0.25, 0.3) is 10.9 Å². The third-order valence-corrected chi connectivity index (χ3v) is 7.50. The Morgan fingerprint density at radius 1 is 1.06 bits per heavy atom. The Kier molecular flexibility index (Phi) is 6.28. The van der Waals surface area contributed by atoms with Crippen molar-refractivity contribution in [1.82, 2.24) is 14.8 Å². The largest absolute Gasteiger partial charge is 0.351 e. The van der Waals surface area contributed by atoms with Crippen LogP contribution >= 0.6 is 0 Å². The van der Waals surface area contributed by atoms with Crippen LogP contribution in [0, 0.1) is 5.82 Å². The predicted molar refractivity (Wildman–Crippen MR) is 136 cm³/mol. The van der Waals surface area contributed by atoms with Crippen molar-refractivity contribution in [2.24, 2.45) is 0 Å². The van der Waals surface area contributed by atoms with Crippen molar-refractivity contribution < 1.29 is 18.8 Å². The standard InChI is InChI=1S/C28H31FN4O3/c1-18(34)30-24-21-13-7-9-15-23(21)32-17-28(2,27(36)31-20-11-4-3-5-12-20)33(26(35)25(24)32)16-19-10-6-8-14-22(19)29/h6-10,13-15,20H,3-5,11-12,16-17H2,1-2H3,(H,30,34)(H,31,36)/t28-/m1/s1. The predicted octanol–water partition coefficient (Wildman–Crippen LogP) is 4.60. The van der Waals surface area contributed by atoms with Crippen molar-refractivity contribution in [3.8, 4) is 0 Å². The fraction of sp³-hybridized carbons (Fsp3) is 0.393. The van der Waals surface area contributed by atoms with Gasteiger partial charge in [0.15, 0.2) is 0 Å². The Balaban J connectivity index is 1.63. The summed E-state index contributed by atoms with van der Waals surface area (Å²) in [5.74, 6) is -1.41. The van der Waals surface area contributed by atoms with Gasteiger partial charge in [-0.3, -0.25) is 14.4 Å². The number of aromatic nitrogens is 1. The zero-order valence-corrected chi connectivity index (χ0v) is 20.6. The second kappa shape index (κ2) is 9.41. The number of amides is 3. The molecule has 0 radical (unpaired) electrons. The number of anilines is 1. The summed E-state index contributed by atoms with van der Waals surface area (Å²) >= 11 is 0. The smallest absolute Gasteiger partial charge is 0.273 e. The van der Waals surface area contributed by atoms with E-state index in [4.69, 9.17) is 0 Å². The van der Waals surface area contributed by atoms with Crippen LogP contribution in [-0.4, -0.2) is 38.8 Å². The van der Waals surface area contributed by atoms with E-state index in [2.05, 4.69) is 10.6 Å². The van der Waals surface area contributed by atoms with E-state index >= 15 is 0 Å². The van der Waals surface area contributed by atoms with E-state index < -0.39 is 17.3 Å². The minimum atomic E-state index is -1.26. The zero-order valence-electron chi connectivity index (χ0n) is 20.6. The van der Waals surface area contributed by atoms with Crippen LogP contribution in [0.1, 0.15) is 62.0 Å². The molecule has 0 bridgehead atoms. The number of fused-ring (bicyclic) bond motifs is 3. The first-order valence-corrected chi connectivity index (χ1v) is 12.5. The SMILES string of the molecule is CC(=O)Nc1c2n(c3ccccc13)C[C@](C)(C(=O)NC1CCCCC1)N(Cc1ccccc1F)C2=O. The summed E-state index contributed by atoms with van der Waals surface area (Å²) in [7, 11) is 0. The summed E-state index contributed by atoms with van der Waals surface area (Å²) in [6.45, 7) is 3.26. The highest BCUT2D eigenvalue weighted by Crippen LogP contribution is 2.39. The monoisotopic (exact) mass is 490 g/mol. The average molecular weight is 491 g/mol. The van der Waals surface area contributed by atoms with E-state index in [0.29, 0.717) is 16.9 Å². The van der Waals surface area contributed by atoms with Gasteiger partial charge in [-0.1, -0.05) is 55.7 Å². The summed E-state index contributed by atoms with van der Waals surface area (Å²) < 4.78 is 16.5. The van der Waals surface area contributed by atoms with Gasteiger partial charge >= 0.3 is 0 Å². The van der Waals surface area contributed by atoms with Gasteiger partial charge in [-0.05, 0) is 31.9 Å². The maximum atomic E-state index is 14.7. The molecule has 5 rings (SSSR count). The lowest BCUT2D eigenvalue weighted by Gasteiger charge is -2.45. The molecule has 1 aromatic heterocycles. The van der Waals surface area contributed by atoms with E-state index in [1.165, 1.54) is 17.9 Å². The van der Waals surface area contributed by atoms with Crippen molar-refractivity contribution in [2.75, 3.05) is 5.32 Å². The summed E-state index contributed by atoms with van der Waals surface area (Å²) in [5.41, 5.74) is 0.529. The fourth-order valence-electron chi connectivity index (χ4n) is 5.56. The van der Waals surface area contributed by atoms with Crippen LogP contribution in [0.15, 0.2) is 48.5 Å². The number of hydrogen-bond acceptors (Lipinski definition) is 3. The van der Waals surface area contributed by atoms with Gasteiger partial charge in [0.25, 0.3) is 5.91 Å². The number of nitrogens with zero attached hydrogens (tertiary/aromatic N) is 2. The van der Waals surface area contributed by atoms with Gasteiger partial charge in [-0.15, -0.1) is 0 Å². The van der Waals surface area contributed by atoms with Crippen LogP contribution < -0.4 is 10.6 Å². The number of carbonyl (C=O) groups is 3. The number of carbonyl (C=O) groups excluding carboxylic acids is 3. The minimum absolute atomic E-state index is 0.0613. The topological polar surface area (TPSA) is 83.4 Å². The third kappa shape index (κ3) is 4.14. The van der Waals surface area contributed by atoms with Crippen molar-refractivity contribution >= 4 is 34.3 Å². The van der Waals surface area contributed by atoms with Gasteiger partial charge in [0.2, 0.25) is 11.8 Å². The highest BCUT2D eigenvalue weighted by molar-refractivity contribution is 6.14. The molecule has 2 N–H and O–H groups in total. The van der Waals surface area contributed by atoms with Crippen molar-refractivity contribution in [3.05, 3.63) is 65.6 Å². The number of halogens is 1. The Bertz CT molecular complexity index is 1340. The molecule has 1 atom stereocenters. The molecule has 1 fully saturated rings.